The molecule has 0 N–H and O–H groups in total. The number of aryl methyl sites for hydroxylation is 3. The minimum Gasteiger partial charge on any atom is -0.461 e. The number of hydrogen-bond acceptors (Lipinski definition) is 5. The maximum atomic E-state index is 12.4. The largest absolute Gasteiger partial charge is 0.461 e. The van der Waals surface area contributed by atoms with Crippen molar-refractivity contribution in [3.05, 3.63) is 40.2 Å². The van der Waals surface area contributed by atoms with Gasteiger partial charge in [-0.15, -0.1) is 0 Å². The van der Waals surface area contributed by atoms with E-state index in [1.807, 2.05) is 26.0 Å². The Labute approximate surface area is 147 Å². The average Bonchev–Trinajstić information content (AvgIpc) is 3.32. The van der Waals surface area contributed by atoms with E-state index in [4.69, 9.17) is 9.47 Å². The summed E-state index contributed by atoms with van der Waals surface area (Å²) >= 11 is 0. The smallest absolute Gasteiger partial charge is 0.360 e. The van der Waals surface area contributed by atoms with E-state index in [2.05, 4.69) is 11.2 Å². The fourth-order valence-corrected chi connectivity index (χ4v) is 2.95. The van der Waals surface area contributed by atoms with Gasteiger partial charge in [0.15, 0.2) is 11.4 Å². The van der Waals surface area contributed by atoms with E-state index < -0.39 is 5.97 Å². The second-order valence-corrected chi connectivity index (χ2v) is 6.33. The molecule has 2 aromatic rings. The van der Waals surface area contributed by atoms with Crippen LogP contribution in [0.25, 0.3) is 0 Å². The number of esters is 1. The Morgan fingerprint density at radius 1 is 1.36 bits per heavy atom. The molecule has 1 fully saturated rings. The molecule has 0 saturated heterocycles. The lowest BCUT2D eigenvalue weighted by Gasteiger charge is -2.11. The number of carbonyl (C=O) groups is 1. The van der Waals surface area contributed by atoms with Crippen LogP contribution in [0.1, 0.15) is 58.6 Å². The van der Waals surface area contributed by atoms with Crippen LogP contribution in [-0.4, -0.2) is 22.4 Å². The van der Waals surface area contributed by atoms with Gasteiger partial charge in [0, 0.05) is 13.0 Å². The summed E-state index contributed by atoms with van der Waals surface area (Å²) in [6.07, 6.45) is 2.09. The normalized spacial score (nSPS) is 13.4. The van der Waals surface area contributed by atoms with Gasteiger partial charge in [-0.05, 0) is 56.9 Å². The Hall–Kier alpha value is -2.81. The molecule has 0 unspecified atom stereocenters. The Balaban J connectivity index is 2.04. The van der Waals surface area contributed by atoms with Crippen molar-refractivity contribution in [1.29, 1.82) is 5.26 Å². The summed E-state index contributed by atoms with van der Waals surface area (Å²) in [5, 5.41) is 13.7. The van der Waals surface area contributed by atoms with Gasteiger partial charge in [0.2, 0.25) is 0 Å². The van der Waals surface area contributed by atoms with Crippen LogP contribution in [0, 0.1) is 25.2 Å². The molecule has 6 nitrogen and oxygen atoms in total. The molecule has 0 atom stereocenters. The number of rotatable bonds is 5. The summed E-state index contributed by atoms with van der Waals surface area (Å²) in [6.45, 7) is 5.80. The highest BCUT2D eigenvalue weighted by molar-refractivity contribution is 5.91. The lowest BCUT2D eigenvalue weighted by atomic mass is 10.0. The number of hydrogen-bond donors (Lipinski definition) is 0. The predicted octanol–water partition coefficient (Wildman–Crippen LogP) is 3.76. The van der Waals surface area contributed by atoms with Crippen LogP contribution in [0.3, 0.4) is 0 Å². The molecule has 1 saturated carbocycles. The van der Waals surface area contributed by atoms with Gasteiger partial charge in [-0.3, -0.25) is 4.68 Å². The highest BCUT2D eigenvalue weighted by Crippen LogP contribution is 2.46. The third-order valence-electron chi connectivity index (χ3n) is 4.30. The molecule has 25 heavy (non-hydrogen) atoms. The van der Waals surface area contributed by atoms with Crippen molar-refractivity contribution >= 4 is 5.97 Å². The Bertz CT molecular complexity index is 850. The molecule has 0 bridgehead atoms. The zero-order valence-electron chi connectivity index (χ0n) is 14.9. The first-order chi connectivity index (χ1) is 12.0. The van der Waals surface area contributed by atoms with Crippen LogP contribution in [0.4, 0.5) is 0 Å². The first-order valence-corrected chi connectivity index (χ1v) is 8.39. The summed E-state index contributed by atoms with van der Waals surface area (Å²) in [6, 6.07) is 5.82. The van der Waals surface area contributed by atoms with Crippen LogP contribution in [0.5, 0.6) is 11.5 Å². The zero-order valence-corrected chi connectivity index (χ0v) is 14.9. The first-order valence-electron chi connectivity index (χ1n) is 8.39. The zero-order chi connectivity index (χ0) is 18.1. The van der Waals surface area contributed by atoms with Gasteiger partial charge in [0.05, 0.1) is 18.2 Å². The second-order valence-electron chi connectivity index (χ2n) is 6.33. The van der Waals surface area contributed by atoms with Crippen molar-refractivity contribution in [3.63, 3.8) is 0 Å². The van der Waals surface area contributed by atoms with E-state index >= 15 is 0 Å². The summed E-state index contributed by atoms with van der Waals surface area (Å²) in [4.78, 5) is 12.4. The van der Waals surface area contributed by atoms with Gasteiger partial charge >= 0.3 is 5.97 Å². The number of nitrogens with zero attached hydrogens (tertiary/aromatic N) is 3. The Morgan fingerprint density at radius 2 is 2.00 bits per heavy atom. The van der Waals surface area contributed by atoms with Crippen LogP contribution < -0.4 is 4.74 Å². The molecule has 130 valence electrons. The molecule has 0 spiro atoms. The number of nitriles is 1. The number of carbonyl (C=O) groups excluding carboxylic acids is 1. The van der Waals surface area contributed by atoms with Gasteiger partial charge < -0.3 is 9.47 Å². The summed E-state index contributed by atoms with van der Waals surface area (Å²) in [7, 11) is 1.72. The van der Waals surface area contributed by atoms with Gasteiger partial charge in [-0.2, -0.15) is 10.4 Å². The van der Waals surface area contributed by atoms with Crippen molar-refractivity contribution in [3.8, 4) is 17.6 Å². The van der Waals surface area contributed by atoms with Gasteiger partial charge in [-0.25, -0.2) is 4.79 Å². The van der Waals surface area contributed by atoms with Gasteiger partial charge in [-0.1, -0.05) is 0 Å². The maximum Gasteiger partial charge on any atom is 0.360 e. The lowest BCUT2D eigenvalue weighted by molar-refractivity contribution is 0.0510. The van der Waals surface area contributed by atoms with E-state index in [9.17, 15) is 10.1 Å². The van der Waals surface area contributed by atoms with E-state index in [0.717, 1.165) is 29.7 Å². The molecule has 1 aromatic carbocycles. The Morgan fingerprint density at radius 3 is 2.52 bits per heavy atom. The monoisotopic (exact) mass is 339 g/mol. The second kappa shape index (κ2) is 6.60. The number of ether oxygens (including phenoxy) is 2. The molecule has 0 aliphatic heterocycles. The number of aromatic nitrogens is 2. The van der Waals surface area contributed by atoms with Gasteiger partial charge in [0.1, 0.15) is 11.4 Å². The van der Waals surface area contributed by atoms with Crippen molar-refractivity contribution in [2.24, 2.45) is 7.05 Å². The molecule has 0 amide bonds. The van der Waals surface area contributed by atoms with E-state index in [-0.39, 0.29) is 6.61 Å². The van der Waals surface area contributed by atoms with E-state index in [1.165, 1.54) is 4.68 Å². The maximum absolute atomic E-state index is 12.4. The first kappa shape index (κ1) is 17.0. The third-order valence-corrected chi connectivity index (χ3v) is 4.30. The minimum atomic E-state index is -0.443. The van der Waals surface area contributed by atoms with E-state index in [1.54, 1.807) is 14.0 Å². The van der Waals surface area contributed by atoms with Crippen molar-refractivity contribution in [2.45, 2.75) is 39.5 Å². The van der Waals surface area contributed by atoms with Crippen molar-refractivity contribution in [2.75, 3.05) is 6.61 Å². The average molecular weight is 339 g/mol. The molecule has 3 rings (SSSR count). The SMILES string of the molecule is CCOC(=O)c1c(Oc2cc(C)c(C#N)c(C)c2)c(C2CC2)nn1C. The fraction of sp³-hybridized carbons (Fsp3) is 0.421. The standard InChI is InChI=1S/C19H21N3O3/c1-5-24-19(23)17-18(16(13-6-7-13)21-22(17)4)25-14-8-11(2)15(10-20)12(3)9-14/h8-9,13H,5-7H2,1-4H3. The van der Waals surface area contributed by atoms with Crippen LogP contribution >= 0.6 is 0 Å². The fourth-order valence-electron chi connectivity index (χ4n) is 2.95. The summed E-state index contributed by atoms with van der Waals surface area (Å²) in [5.41, 5.74) is 3.44. The molecule has 1 aromatic heterocycles. The molecular formula is C19H21N3O3. The Kier molecular flexibility index (Phi) is 4.49. The molecule has 6 heteroatoms. The molecule has 1 heterocycles. The molecule has 1 aliphatic rings. The number of benzene rings is 1. The highest BCUT2D eigenvalue weighted by Gasteiger charge is 2.35. The lowest BCUT2D eigenvalue weighted by Crippen LogP contribution is -2.11. The summed E-state index contributed by atoms with van der Waals surface area (Å²) in [5.74, 6) is 0.938. The third kappa shape index (κ3) is 3.22. The van der Waals surface area contributed by atoms with E-state index in [0.29, 0.717) is 28.7 Å². The van der Waals surface area contributed by atoms with Crippen LogP contribution in [-0.2, 0) is 11.8 Å². The molecule has 1 aliphatic carbocycles. The van der Waals surface area contributed by atoms with Crippen LogP contribution in [0.2, 0.25) is 0 Å². The topological polar surface area (TPSA) is 77.1 Å². The molecular weight excluding hydrogens is 318 g/mol. The molecule has 0 radical (unpaired) electrons. The highest BCUT2D eigenvalue weighted by atomic mass is 16.5. The van der Waals surface area contributed by atoms with Crippen molar-refractivity contribution < 1.29 is 14.3 Å². The minimum absolute atomic E-state index is 0.289. The predicted molar refractivity (Wildman–Crippen MR) is 91.8 cm³/mol. The summed E-state index contributed by atoms with van der Waals surface area (Å²) < 4.78 is 12.8. The van der Waals surface area contributed by atoms with Gasteiger partial charge in [0.25, 0.3) is 0 Å². The quantitative estimate of drug-likeness (QED) is 0.775. The van der Waals surface area contributed by atoms with Crippen molar-refractivity contribution in [1.82, 2.24) is 9.78 Å². The van der Waals surface area contributed by atoms with Crippen LogP contribution in [0.15, 0.2) is 12.1 Å².